The molecule has 120 valence electrons. The first kappa shape index (κ1) is 18.3. The van der Waals surface area contributed by atoms with Crippen LogP contribution in [0.1, 0.15) is 6.92 Å². The highest BCUT2D eigenvalue weighted by atomic mass is 79.9. The SMILES string of the molecule is CCNS(=O)(=O)CCNS(=O)(=O)c1cc(N)c(Br)cc1F. The van der Waals surface area contributed by atoms with E-state index in [0.29, 0.717) is 0 Å². The number of rotatable bonds is 7. The number of anilines is 1. The Hall–Kier alpha value is -0.750. The van der Waals surface area contributed by atoms with E-state index in [1.807, 2.05) is 4.72 Å². The number of hydrogen-bond acceptors (Lipinski definition) is 5. The lowest BCUT2D eigenvalue weighted by atomic mass is 10.3. The molecule has 7 nitrogen and oxygen atoms in total. The summed E-state index contributed by atoms with van der Waals surface area (Å²) in [6.45, 7) is 1.42. The van der Waals surface area contributed by atoms with Gasteiger partial charge in [0.05, 0.1) is 5.75 Å². The molecule has 0 unspecified atom stereocenters. The van der Waals surface area contributed by atoms with Crippen LogP contribution in [0.15, 0.2) is 21.5 Å². The van der Waals surface area contributed by atoms with Gasteiger partial charge in [0.15, 0.2) is 0 Å². The van der Waals surface area contributed by atoms with Crippen molar-refractivity contribution in [3.05, 3.63) is 22.4 Å². The minimum atomic E-state index is -4.19. The van der Waals surface area contributed by atoms with E-state index < -0.39 is 36.5 Å². The molecular weight excluding hydrogens is 389 g/mol. The Balaban J connectivity index is 2.86. The van der Waals surface area contributed by atoms with Crippen molar-refractivity contribution in [2.24, 2.45) is 0 Å². The van der Waals surface area contributed by atoms with Gasteiger partial charge in [0.1, 0.15) is 10.7 Å². The maximum absolute atomic E-state index is 13.7. The van der Waals surface area contributed by atoms with Gasteiger partial charge in [0.25, 0.3) is 0 Å². The Kier molecular flexibility index (Phi) is 6.11. The fourth-order valence-corrected chi connectivity index (χ4v) is 3.95. The van der Waals surface area contributed by atoms with Gasteiger partial charge in [-0.05, 0) is 28.1 Å². The van der Waals surface area contributed by atoms with Crippen LogP contribution in [0.5, 0.6) is 0 Å². The maximum Gasteiger partial charge on any atom is 0.243 e. The number of nitrogens with one attached hydrogen (secondary N) is 2. The van der Waals surface area contributed by atoms with Crippen molar-refractivity contribution in [3.8, 4) is 0 Å². The molecule has 1 aromatic carbocycles. The standard InChI is InChI=1S/C10H15BrFN3O4S2/c1-2-14-20(16,17)4-3-15-21(18,19)10-6-9(13)7(11)5-8(10)12/h5-6,14-15H,2-4,13H2,1H3. The predicted molar refractivity (Wildman–Crippen MR) is 81.2 cm³/mol. The molecule has 21 heavy (non-hydrogen) atoms. The Labute approximate surface area is 131 Å². The predicted octanol–water partition coefficient (Wildman–Crippen LogP) is 0.388. The van der Waals surface area contributed by atoms with Gasteiger partial charge in [-0.2, -0.15) is 0 Å². The summed E-state index contributed by atoms with van der Waals surface area (Å²) in [6, 6.07) is 1.89. The summed E-state index contributed by atoms with van der Waals surface area (Å²) in [7, 11) is -7.75. The first-order valence-corrected chi connectivity index (χ1v) is 9.73. The number of benzene rings is 1. The quantitative estimate of drug-likeness (QED) is 0.568. The second-order valence-corrected chi connectivity index (χ2v) is 8.53. The second kappa shape index (κ2) is 7.01. The molecule has 0 fully saturated rings. The van der Waals surface area contributed by atoms with Crippen molar-refractivity contribution in [2.75, 3.05) is 24.6 Å². The Morgan fingerprint density at radius 2 is 1.86 bits per heavy atom. The van der Waals surface area contributed by atoms with E-state index in [0.717, 1.165) is 12.1 Å². The van der Waals surface area contributed by atoms with Crippen LogP contribution < -0.4 is 15.2 Å². The minimum absolute atomic E-state index is 0.0528. The second-order valence-electron chi connectivity index (χ2n) is 4.02. The lowest BCUT2D eigenvalue weighted by Crippen LogP contribution is -2.34. The largest absolute Gasteiger partial charge is 0.398 e. The molecule has 0 radical (unpaired) electrons. The lowest BCUT2D eigenvalue weighted by Gasteiger charge is -2.10. The Morgan fingerprint density at radius 1 is 1.24 bits per heavy atom. The molecule has 1 rings (SSSR count). The highest BCUT2D eigenvalue weighted by molar-refractivity contribution is 9.10. The van der Waals surface area contributed by atoms with Crippen molar-refractivity contribution in [3.63, 3.8) is 0 Å². The third-order valence-electron chi connectivity index (χ3n) is 2.37. The van der Waals surface area contributed by atoms with Crippen molar-refractivity contribution in [1.29, 1.82) is 0 Å². The lowest BCUT2D eigenvalue weighted by molar-refractivity contribution is 0.557. The Bertz CT molecular complexity index is 722. The van der Waals surface area contributed by atoms with Gasteiger partial charge in [-0.1, -0.05) is 6.92 Å². The first-order chi connectivity index (χ1) is 9.59. The van der Waals surface area contributed by atoms with Crippen LogP contribution in [0.4, 0.5) is 10.1 Å². The molecule has 0 aliphatic rings. The maximum atomic E-state index is 13.7. The third-order valence-corrected chi connectivity index (χ3v) is 6.00. The summed E-state index contributed by atoms with van der Waals surface area (Å²) in [6.07, 6.45) is 0. The molecule has 0 bridgehead atoms. The van der Waals surface area contributed by atoms with Gasteiger partial charge in [0.2, 0.25) is 20.0 Å². The van der Waals surface area contributed by atoms with E-state index in [2.05, 4.69) is 20.7 Å². The summed E-state index contributed by atoms with van der Waals surface area (Å²) in [4.78, 5) is -0.635. The molecule has 0 aliphatic heterocycles. The molecule has 0 heterocycles. The zero-order valence-corrected chi connectivity index (χ0v) is 14.3. The van der Waals surface area contributed by atoms with Crippen LogP contribution in [0.2, 0.25) is 0 Å². The molecule has 0 aliphatic carbocycles. The van der Waals surface area contributed by atoms with E-state index >= 15 is 0 Å². The Morgan fingerprint density at radius 3 is 2.43 bits per heavy atom. The molecule has 0 spiro atoms. The van der Waals surface area contributed by atoms with E-state index in [9.17, 15) is 21.2 Å². The highest BCUT2D eigenvalue weighted by Crippen LogP contribution is 2.25. The summed E-state index contributed by atoms with van der Waals surface area (Å²) in [5.74, 6) is -1.44. The van der Waals surface area contributed by atoms with E-state index in [1.165, 1.54) is 0 Å². The van der Waals surface area contributed by atoms with Crippen molar-refractivity contribution >= 4 is 41.7 Å². The number of sulfonamides is 2. The molecular formula is C10H15BrFN3O4S2. The van der Waals surface area contributed by atoms with Gasteiger partial charge in [-0.25, -0.2) is 30.7 Å². The monoisotopic (exact) mass is 403 g/mol. The third kappa shape index (κ3) is 5.18. The number of halogens is 2. The fraction of sp³-hybridized carbons (Fsp3) is 0.400. The van der Waals surface area contributed by atoms with Gasteiger partial charge in [0, 0.05) is 23.2 Å². The number of hydrogen-bond donors (Lipinski definition) is 3. The molecule has 0 amide bonds. The van der Waals surface area contributed by atoms with E-state index in [-0.39, 0.29) is 23.2 Å². The topological polar surface area (TPSA) is 118 Å². The van der Waals surface area contributed by atoms with Crippen molar-refractivity contribution in [2.45, 2.75) is 11.8 Å². The van der Waals surface area contributed by atoms with E-state index in [4.69, 9.17) is 5.73 Å². The van der Waals surface area contributed by atoms with E-state index in [1.54, 1.807) is 6.92 Å². The van der Waals surface area contributed by atoms with Gasteiger partial charge < -0.3 is 5.73 Å². The highest BCUT2D eigenvalue weighted by Gasteiger charge is 2.21. The zero-order valence-electron chi connectivity index (χ0n) is 11.1. The molecule has 4 N–H and O–H groups in total. The first-order valence-electron chi connectivity index (χ1n) is 5.80. The van der Waals surface area contributed by atoms with Crippen LogP contribution in [-0.4, -0.2) is 35.7 Å². The van der Waals surface area contributed by atoms with Gasteiger partial charge in [-0.3, -0.25) is 0 Å². The van der Waals surface area contributed by atoms with Gasteiger partial charge >= 0.3 is 0 Å². The van der Waals surface area contributed by atoms with Crippen LogP contribution >= 0.6 is 15.9 Å². The molecule has 0 atom stereocenters. The summed E-state index contributed by atoms with van der Waals surface area (Å²) < 4.78 is 64.7. The fourth-order valence-electron chi connectivity index (χ4n) is 1.43. The zero-order chi connectivity index (χ0) is 16.3. The summed E-state index contributed by atoms with van der Waals surface area (Å²) in [5, 5.41) is 0. The van der Waals surface area contributed by atoms with Crippen molar-refractivity contribution < 1.29 is 21.2 Å². The molecule has 0 saturated carbocycles. The molecule has 1 aromatic rings. The average Bonchev–Trinajstić information content (AvgIpc) is 2.32. The number of nitrogen functional groups attached to an aromatic ring is 1. The van der Waals surface area contributed by atoms with Crippen LogP contribution in [-0.2, 0) is 20.0 Å². The summed E-state index contributed by atoms with van der Waals surface area (Å²) >= 11 is 2.98. The minimum Gasteiger partial charge on any atom is -0.398 e. The number of nitrogens with two attached hydrogens (primary N) is 1. The normalized spacial score (nSPS) is 12.5. The smallest absolute Gasteiger partial charge is 0.243 e. The summed E-state index contributed by atoms with van der Waals surface area (Å²) in [5.41, 5.74) is 5.56. The van der Waals surface area contributed by atoms with Crippen LogP contribution in [0.3, 0.4) is 0 Å². The molecule has 11 heteroatoms. The molecule has 0 aromatic heterocycles. The molecule has 0 saturated heterocycles. The average molecular weight is 404 g/mol. The van der Waals surface area contributed by atoms with Crippen molar-refractivity contribution in [1.82, 2.24) is 9.44 Å². The van der Waals surface area contributed by atoms with Gasteiger partial charge in [-0.15, -0.1) is 0 Å². The van der Waals surface area contributed by atoms with Crippen LogP contribution in [0.25, 0.3) is 0 Å². The van der Waals surface area contributed by atoms with Crippen LogP contribution in [0, 0.1) is 5.82 Å².